The minimum Gasteiger partial charge on any atom is -0.478 e. The van der Waals surface area contributed by atoms with E-state index in [0.717, 1.165) is 0 Å². The third-order valence-electron chi connectivity index (χ3n) is 1.33. The number of benzene rings is 1. The molecule has 0 aliphatic rings. The molecule has 0 fully saturated rings. The summed E-state index contributed by atoms with van der Waals surface area (Å²) in [6.07, 6.45) is 0. The first kappa shape index (κ1) is 8.75. The van der Waals surface area contributed by atoms with Crippen LogP contribution in [-0.4, -0.2) is 11.1 Å². The lowest BCUT2D eigenvalue weighted by Gasteiger charge is -1.97. The van der Waals surface area contributed by atoms with Crippen LogP contribution in [0.2, 0.25) is 0 Å². The lowest BCUT2D eigenvalue weighted by molar-refractivity contribution is 0.0696. The molecule has 3 nitrogen and oxygen atoms in total. The van der Waals surface area contributed by atoms with Gasteiger partial charge in [0.1, 0.15) is 6.07 Å². The molecule has 4 heteroatoms. The highest BCUT2D eigenvalue weighted by atomic mass is 79.9. The number of aromatic carboxylic acids is 1. The van der Waals surface area contributed by atoms with Gasteiger partial charge in [-0.1, -0.05) is 15.9 Å². The molecular weight excluding hydrogens is 222 g/mol. The van der Waals surface area contributed by atoms with Crippen molar-refractivity contribution in [2.24, 2.45) is 0 Å². The molecule has 0 aliphatic carbocycles. The first-order valence-electron chi connectivity index (χ1n) is 3.08. The predicted octanol–water partition coefficient (Wildman–Crippen LogP) is 2.02. The summed E-state index contributed by atoms with van der Waals surface area (Å²) in [7, 11) is 0. The van der Waals surface area contributed by atoms with Crippen LogP contribution in [0.4, 0.5) is 0 Å². The number of hydrogen-bond donors (Lipinski definition) is 1. The van der Waals surface area contributed by atoms with Crippen LogP contribution >= 0.6 is 15.9 Å². The first-order valence-corrected chi connectivity index (χ1v) is 3.87. The second kappa shape index (κ2) is 3.37. The quantitative estimate of drug-likeness (QED) is 0.796. The third kappa shape index (κ3) is 1.63. The molecule has 0 aromatic heterocycles. The average Bonchev–Trinajstić information content (AvgIpc) is 2.03. The van der Waals surface area contributed by atoms with Gasteiger partial charge in [-0.05, 0) is 18.2 Å². The Balaban J connectivity index is 3.32. The van der Waals surface area contributed by atoms with Crippen LogP contribution in [0.5, 0.6) is 0 Å². The Hall–Kier alpha value is -1.34. The number of carboxylic acid groups (broad SMARTS) is 1. The van der Waals surface area contributed by atoms with Crippen molar-refractivity contribution in [3.05, 3.63) is 33.8 Å². The highest BCUT2D eigenvalue weighted by molar-refractivity contribution is 9.10. The zero-order valence-electron chi connectivity index (χ0n) is 5.91. The Bertz CT molecular complexity index is 368. The number of hydrogen-bond acceptors (Lipinski definition) is 2. The zero-order valence-corrected chi connectivity index (χ0v) is 7.50. The molecule has 60 valence electrons. The van der Waals surface area contributed by atoms with E-state index in [1.165, 1.54) is 12.1 Å². The molecule has 12 heavy (non-hydrogen) atoms. The molecule has 0 bridgehead atoms. The van der Waals surface area contributed by atoms with Crippen molar-refractivity contribution in [1.82, 2.24) is 0 Å². The van der Waals surface area contributed by atoms with Gasteiger partial charge in [-0.3, -0.25) is 0 Å². The van der Waals surface area contributed by atoms with Crippen molar-refractivity contribution < 1.29 is 9.90 Å². The maximum atomic E-state index is 10.5. The van der Waals surface area contributed by atoms with Crippen LogP contribution in [0.25, 0.3) is 0 Å². The molecule has 0 aliphatic heterocycles. The normalized spacial score (nSPS) is 9.00. The summed E-state index contributed by atoms with van der Waals surface area (Å²) in [5.41, 5.74) is 0.192. The Morgan fingerprint density at radius 3 is 2.75 bits per heavy atom. The lowest BCUT2D eigenvalue weighted by Crippen LogP contribution is -1.99. The van der Waals surface area contributed by atoms with Crippen LogP contribution in [0, 0.1) is 11.3 Å². The molecule has 0 atom stereocenters. The summed E-state index contributed by atoms with van der Waals surface area (Å²) in [5.74, 6) is -1.08. The molecule has 1 rings (SSSR count). The van der Waals surface area contributed by atoms with Gasteiger partial charge < -0.3 is 5.11 Å². The zero-order chi connectivity index (χ0) is 9.14. The summed E-state index contributed by atoms with van der Waals surface area (Å²) in [4.78, 5) is 10.5. The van der Waals surface area contributed by atoms with Gasteiger partial charge in [0.25, 0.3) is 0 Å². The Labute approximate surface area is 77.4 Å². The van der Waals surface area contributed by atoms with Crippen LogP contribution < -0.4 is 0 Å². The van der Waals surface area contributed by atoms with Crippen LogP contribution in [0.3, 0.4) is 0 Å². The Morgan fingerprint density at radius 2 is 2.25 bits per heavy atom. The van der Waals surface area contributed by atoms with Gasteiger partial charge in [-0.15, -0.1) is 0 Å². The molecule has 1 N–H and O–H groups in total. The molecule has 0 unspecified atom stereocenters. The van der Waals surface area contributed by atoms with Crippen molar-refractivity contribution in [3.8, 4) is 6.07 Å². The van der Waals surface area contributed by atoms with E-state index >= 15 is 0 Å². The van der Waals surface area contributed by atoms with Gasteiger partial charge in [0.05, 0.1) is 11.1 Å². The van der Waals surface area contributed by atoms with Crippen LogP contribution in [-0.2, 0) is 0 Å². The Kier molecular flexibility index (Phi) is 2.46. The number of nitrogens with zero attached hydrogens (tertiary/aromatic N) is 1. The molecule has 1 aromatic carbocycles. The second-order valence-electron chi connectivity index (χ2n) is 2.11. The summed E-state index contributed by atoms with van der Waals surface area (Å²) < 4.78 is 0.698. The number of nitriles is 1. The first-order chi connectivity index (χ1) is 5.65. The van der Waals surface area contributed by atoms with E-state index in [1.54, 1.807) is 12.1 Å². The number of carboxylic acids is 1. The monoisotopic (exact) mass is 225 g/mol. The van der Waals surface area contributed by atoms with Crippen molar-refractivity contribution in [2.75, 3.05) is 0 Å². The predicted molar refractivity (Wildman–Crippen MR) is 45.8 cm³/mol. The largest absolute Gasteiger partial charge is 0.478 e. The van der Waals surface area contributed by atoms with E-state index in [2.05, 4.69) is 15.9 Å². The average molecular weight is 226 g/mol. The van der Waals surface area contributed by atoms with E-state index < -0.39 is 5.97 Å². The van der Waals surface area contributed by atoms with Gasteiger partial charge in [-0.25, -0.2) is 4.79 Å². The number of halogens is 1. The fourth-order valence-corrected chi connectivity index (χ4v) is 1.16. The van der Waals surface area contributed by atoms with E-state index in [9.17, 15) is 4.79 Å². The van der Waals surface area contributed by atoms with Crippen molar-refractivity contribution in [3.63, 3.8) is 0 Å². The molecule has 0 saturated carbocycles. The topological polar surface area (TPSA) is 61.1 Å². The van der Waals surface area contributed by atoms with Gasteiger partial charge in [0, 0.05) is 4.47 Å². The van der Waals surface area contributed by atoms with Crippen LogP contribution in [0.15, 0.2) is 22.7 Å². The van der Waals surface area contributed by atoms with E-state index in [1.807, 2.05) is 0 Å². The van der Waals surface area contributed by atoms with Crippen molar-refractivity contribution >= 4 is 21.9 Å². The molecule has 0 saturated heterocycles. The van der Waals surface area contributed by atoms with Crippen LogP contribution in [0.1, 0.15) is 15.9 Å². The standard InChI is InChI=1S/C8H4BrNO2/c9-6-1-2-7(8(11)12)5(3-6)4-10/h1-3H,(H,11,12). The Morgan fingerprint density at radius 1 is 1.58 bits per heavy atom. The van der Waals surface area contributed by atoms with E-state index in [-0.39, 0.29) is 11.1 Å². The van der Waals surface area contributed by atoms with Crippen molar-refractivity contribution in [2.45, 2.75) is 0 Å². The fourth-order valence-electron chi connectivity index (χ4n) is 0.795. The maximum Gasteiger partial charge on any atom is 0.337 e. The summed E-state index contributed by atoms with van der Waals surface area (Å²) >= 11 is 3.14. The summed E-state index contributed by atoms with van der Waals surface area (Å²) in [6, 6.07) is 6.26. The molecule has 0 spiro atoms. The molecule has 0 heterocycles. The molecule has 0 radical (unpaired) electrons. The minimum atomic E-state index is -1.08. The van der Waals surface area contributed by atoms with Gasteiger partial charge in [0.15, 0.2) is 0 Å². The van der Waals surface area contributed by atoms with E-state index in [0.29, 0.717) is 4.47 Å². The molecule has 0 amide bonds. The van der Waals surface area contributed by atoms with Gasteiger partial charge >= 0.3 is 5.97 Å². The fraction of sp³-hybridized carbons (Fsp3) is 0. The van der Waals surface area contributed by atoms with Gasteiger partial charge in [0.2, 0.25) is 0 Å². The van der Waals surface area contributed by atoms with E-state index in [4.69, 9.17) is 10.4 Å². The van der Waals surface area contributed by atoms with Gasteiger partial charge in [-0.2, -0.15) is 5.26 Å². The van der Waals surface area contributed by atoms with Crippen molar-refractivity contribution in [1.29, 1.82) is 5.26 Å². The highest BCUT2D eigenvalue weighted by Crippen LogP contribution is 2.15. The minimum absolute atomic E-state index is 0.0284. The summed E-state index contributed by atoms with van der Waals surface area (Å²) in [5, 5.41) is 17.2. The highest BCUT2D eigenvalue weighted by Gasteiger charge is 2.08. The SMILES string of the molecule is N#Cc1cc(Br)ccc1C(=O)O. The smallest absolute Gasteiger partial charge is 0.337 e. The second-order valence-corrected chi connectivity index (χ2v) is 3.02. The third-order valence-corrected chi connectivity index (χ3v) is 1.83. The molecular formula is C8H4BrNO2. The summed E-state index contributed by atoms with van der Waals surface area (Å²) in [6.45, 7) is 0. The number of carbonyl (C=O) groups is 1. The lowest BCUT2D eigenvalue weighted by atomic mass is 10.1. The maximum absolute atomic E-state index is 10.5. The molecule has 1 aromatic rings. The number of rotatable bonds is 1.